The van der Waals surface area contributed by atoms with Crippen molar-refractivity contribution in [2.75, 3.05) is 13.1 Å². The average Bonchev–Trinajstić information content (AvgIpc) is 3.33. The largest absolute Gasteiger partial charge is 0.312 e. The first-order chi connectivity index (χ1) is 12.7. The van der Waals surface area contributed by atoms with Gasteiger partial charge < -0.3 is 5.32 Å². The normalized spacial score (nSPS) is 14.4. The van der Waals surface area contributed by atoms with Crippen LogP contribution in [-0.4, -0.2) is 47.0 Å². The van der Waals surface area contributed by atoms with E-state index in [4.69, 9.17) is 4.98 Å². The second-order valence-corrected chi connectivity index (χ2v) is 6.88. The van der Waals surface area contributed by atoms with Crippen molar-refractivity contribution in [1.29, 1.82) is 0 Å². The second-order valence-electron chi connectivity index (χ2n) is 6.88. The number of rotatable bonds is 4. The molecule has 156 valence electrons. The summed E-state index contributed by atoms with van der Waals surface area (Å²) in [6.45, 7) is 4.11. The lowest BCUT2D eigenvalue weighted by molar-refractivity contribution is 0.149. The van der Waals surface area contributed by atoms with Crippen LogP contribution in [0.2, 0.25) is 0 Å². The maximum absolute atomic E-state index is 4.89. The second kappa shape index (κ2) is 8.71. The number of halogens is 3. The van der Waals surface area contributed by atoms with Crippen LogP contribution < -0.4 is 5.32 Å². The summed E-state index contributed by atoms with van der Waals surface area (Å²) < 4.78 is 5.86. The molecule has 11 heteroatoms. The van der Waals surface area contributed by atoms with Crippen molar-refractivity contribution in [2.24, 2.45) is 7.05 Å². The molecule has 1 N–H and O–H groups in total. The molecule has 0 aliphatic carbocycles. The molecule has 0 amide bonds. The molecule has 0 saturated carbocycles. The van der Waals surface area contributed by atoms with E-state index in [0.717, 1.165) is 47.8 Å². The summed E-state index contributed by atoms with van der Waals surface area (Å²) in [5.74, 6) is 0.837. The Bertz CT molecular complexity index is 1090. The molecule has 0 atom stereocenters. The molecule has 4 aromatic heterocycles. The highest BCUT2D eigenvalue weighted by atomic mass is 35.5. The Hall–Kier alpha value is -2.13. The van der Waals surface area contributed by atoms with Crippen molar-refractivity contribution < 1.29 is 0 Å². The number of hydrogen-bond donors (Lipinski definition) is 1. The molecule has 0 aromatic carbocycles. The van der Waals surface area contributed by atoms with Gasteiger partial charge in [0.25, 0.3) is 0 Å². The Morgan fingerprint density at radius 3 is 2.45 bits per heavy atom. The predicted molar refractivity (Wildman–Crippen MR) is 119 cm³/mol. The molecule has 1 saturated heterocycles. The monoisotopic (exact) mass is 456 g/mol. The van der Waals surface area contributed by atoms with Gasteiger partial charge in [-0.3, -0.25) is 13.8 Å². The van der Waals surface area contributed by atoms with E-state index < -0.39 is 0 Å². The van der Waals surface area contributed by atoms with Crippen molar-refractivity contribution in [2.45, 2.75) is 18.9 Å². The quantitative estimate of drug-likeness (QED) is 0.510. The maximum Gasteiger partial charge on any atom is 0.149 e. The molecule has 8 nitrogen and oxygen atoms in total. The highest BCUT2D eigenvalue weighted by Gasteiger charge is 2.37. The molecule has 5 heterocycles. The number of hydrogen-bond acceptors (Lipinski definition) is 5. The Morgan fingerprint density at radius 1 is 1.07 bits per heavy atom. The minimum atomic E-state index is 0. The van der Waals surface area contributed by atoms with Crippen molar-refractivity contribution >= 4 is 42.9 Å². The van der Waals surface area contributed by atoms with Gasteiger partial charge in [-0.15, -0.1) is 37.2 Å². The van der Waals surface area contributed by atoms with Gasteiger partial charge in [0.05, 0.1) is 29.2 Å². The van der Waals surface area contributed by atoms with Crippen LogP contribution in [0.4, 0.5) is 0 Å². The molecule has 4 aromatic rings. The topological polar surface area (TPSA) is 77.9 Å². The molecular weight excluding hydrogens is 435 g/mol. The average molecular weight is 458 g/mol. The van der Waals surface area contributed by atoms with Gasteiger partial charge in [0.15, 0.2) is 0 Å². The summed E-state index contributed by atoms with van der Waals surface area (Å²) in [5, 5.41) is 12.3. The molecule has 29 heavy (non-hydrogen) atoms. The summed E-state index contributed by atoms with van der Waals surface area (Å²) in [5.41, 5.74) is 3.75. The Kier molecular flexibility index (Phi) is 6.95. The van der Waals surface area contributed by atoms with Gasteiger partial charge in [0.1, 0.15) is 11.5 Å². The summed E-state index contributed by atoms with van der Waals surface area (Å²) in [4.78, 5) is 9.35. The van der Waals surface area contributed by atoms with Gasteiger partial charge >= 0.3 is 0 Å². The molecule has 0 bridgehead atoms. The van der Waals surface area contributed by atoms with E-state index in [1.807, 2.05) is 42.3 Å². The van der Waals surface area contributed by atoms with Crippen LogP contribution in [0.25, 0.3) is 28.3 Å². The molecule has 1 fully saturated rings. The lowest BCUT2D eigenvalue weighted by Crippen LogP contribution is -2.60. The fourth-order valence-electron chi connectivity index (χ4n) is 3.51. The standard InChI is InChI=1S/C18H20N8.3ClH/c1-3-18(11-19-12-18)26-10-14(8-22-26)17-23-15(13-7-21-24(2)9-13)6-16-20-4-5-25(16)17;;;/h4-10,19H,3,11-12H2,1-2H3;3*1H. The fraction of sp³-hybridized carbons (Fsp3) is 0.333. The van der Waals surface area contributed by atoms with Gasteiger partial charge in [0.2, 0.25) is 0 Å². The Morgan fingerprint density at radius 2 is 1.83 bits per heavy atom. The third-order valence-corrected chi connectivity index (χ3v) is 5.28. The number of fused-ring (bicyclic) bond motifs is 1. The lowest BCUT2D eigenvalue weighted by atomic mass is 9.90. The van der Waals surface area contributed by atoms with Gasteiger partial charge in [-0.25, -0.2) is 9.97 Å². The van der Waals surface area contributed by atoms with Gasteiger partial charge in [-0.05, 0) is 6.42 Å². The third kappa shape index (κ3) is 3.73. The minimum Gasteiger partial charge on any atom is -0.312 e. The molecule has 5 rings (SSSR count). The molecule has 0 unspecified atom stereocenters. The van der Waals surface area contributed by atoms with E-state index in [-0.39, 0.29) is 42.8 Å². The first-order valence-corrected chi connectivity index (χ1v) is 8.78. The highest BCUT2D eigenvalue weighted by Crippen LogP contribution is 2.29. The van der Waals surface area contributed by atoms with Gasteiger partial charge in [-0.1, -0.05) is 6.92 Å². The van der Waals surface area contributed by atoms with Crippen molar-refractivity contribution in [3.05, 3.63) is 43.2 Å². The van der Waals surface area contributed by atoms with E-state index in [2.05, 4.69) is 38.3 Å². The van der Waals surface area contributed by atoms with E-state index in [1.54, 1.807) is 10.9 Å². The van der Waals surface area contributed by atoms with Gasteiger partial charge in [-0.2, -0.15) is 10.2 Å². The number of aryl methyl sites for hydroxylation is 1. The molecule has 1 aliphatic heterocycles. The fourth-order valence-corrected chi connectivity index (χ4v) is 3.51. The van der Waals surface area contributed by atoms with Crippen LogP contribution in [0.15, 0.2) is 43.2 Å². The zero-order valence-electron chi connectivity index (χ0n) is 16.0. The number of nitrogens with one attached hydrogen (secondary N) is 1. The maximum atomic E-state index is 4.89. The highest BCUT2D eigenvalue weighted by molar-refractivity contribution is 5.86. The van der Waals surface area contributed by atoms with Crippen LogP contribution in [0.1, 0.15) is 13.3 Å². The minimum absolute atomic E-state index is 0. The molecule has 1 aliphatic rings. The lowest BCUT2D eigenvalue weighted by Gasteiger charge is -2.42. The molecule has 0 spiro atoms. The van der Waals surface area contributed by atoms with Gasteiger partial charge in [0, 0.05) is 56.6 Å². The first kappa shape index (κ1) is 23.2. The van der Waals surface area contributed by atoms with E-state index in [9.17, 15) is 0 Å². The zero-order chi connectivity index (χ0) is 17.7. The van der Waals surface area contributed by atoms with Crippen LogP contribution in [0, 0.1) is 0 Å². The number of aromatic nitrogens is 7. The van der Waals surface area contributed by atoms with Crippen LogP contribution in [0.3, 0.4) is 0 Å². The van der Waals surface area contributed by atoms with E-state index >= 15 is 0 Å². The number of nitrogens with zero attached hydrogens (tertiary/aromatic N) is 7. The van der Waals surface area contributed by atoms with Crippen molar-refractivity contribution in [3.63, 3.8) is 0 Å². The predicted octanol–water partition coefficient (Wildman–Crippen LogP) is 2.97. The molecule has 0 radical (unpaired) electrons. The van der Waals surface area contributed by atoms with E-state index in [0.29, 0.717) is 0 Å². The van der Waals surface area contributed by atoms with Crippen LogP contribution >= 0.6 is 37.2 Å². The Labute approximate surface area is 187 Å². The summed E-state index contributed by atoms with van der Waals surface area (Å²) >= 11 is 0. The summed E-state index contributed by atoms with van der Waals surface area (Å²) in [7, 11) is 1.90. The van der Waals surface area contributed by atoms with Crippen LogP contribution in [-0.2, 0) is 12.6 Å². The molecular formula is C18H23Cl3N8. The van der Waals surface area contributed by atoms with E-state index in [1.165, 1.54) is 0 Å². The first-order valence-electron chi connectivity index (χ1n) is 8.78. The zero-order valence-corrected chi connectivity index (χ0v) is 18.5. The Balaban J connectivity index is 0.000001000. The van der Waals surface area contributed by atoms with Crippen molar-refractivity contribution in [3.8, 4) is 22.6 Å². The third-order valence-electron chi connectivity index (χ3n) is 5.28. The smallest absolute Gasteiger partial charge is 0.149 e. The summed E-state index contributed by atoms with van der Waals surface area (Å²) in [6.07, 6.45) is 12.5. The SMILES string of the molecule is CCC1(n2cc(-c3nc(-c4cnn(C)c4)cc4nccn34)cn2)CNC1.Cl.Cl.Cl. The van der Waals surface area contributed by atoms with Crippen LogP contribution in [0.5, 0.6) is 0 Å². The number of imidazole rings is 1. The van der Waals surface area contributed by atoms with Crippen molar-refractivity contribution in [1.82, 2.24) is 39.2 Å². The summed E-state index contributed by atoms with van der Waals surface area (Å²) in [6, 6.07) is 1.98.